The zero-order valence-electron chi connectivity index (χ0n) is 11.5. The van der Waals surface area contributed by atoms with Crippen LogP contribution in [-0.4, -0.2) is 36.5 Å². The van der Waals surface area contributed by atoms with Crippen molar-refractivity contribution in [2.45, 2.75) is 31.7 Å². The largest absolute Gasteiger partial charge is 0.340 e. The van der Waals surface area contributed by atoms with E-state index < -0.39 is 0 Å². The molecule has 3 heteroatoms. The van der Waals surface area contributed by atoms with Crippen LogP contribution in [0.5, 0.6) is 0 Å². The molecule has 2 aliphatic heterocycles. The van der Waals surface area contributed by atoms with Crippen molar-refractivity contribution in [1.29, 1.82) is 0 Å². The number of benzene rings is 1. The number of likely N-dealkylation sites (tertiary alicyclic amines) is 1. The lowest BCUT2D eigenvalue weighted by Gasteiger charge is -2.23. The molecule has 2 aliphatic rings. The lowest BCUT2D eigenvalue weighted by molar-refractivity contribution is -0.132. The van der Waals surface area contributed by atoms with E-state index in [1.807, 2.05) is 18.2 Å². The summed E-state index contributed by atoms with van der Waals surface area (Å²) in [5, 5.41) is 3.51. The highest BCUT2D eigenvalue weighted by molar-refractivity contribution is 5.84. The van der Waals surface area contributed by atoms with E-state index in [0.29, 0.717) is 17.9 Å². The van der Waals surface area contributed by atoms with Gasteiger partial charge in [0.1, 0.15) is 0 Å². The molecule has 1 aromatic rings. The van der Waals surface area contributed by atoms with Gasteiger partial charge in [-0.15, -0.1) is 0 Å². The second-order valence-corrected chi connectivity index (χ2v) is 5.72. The van der Waals surface area contributed by atoms with E-state index in [9.17, 15) is 4.79 Å². The Kier molecular flexibility index (Phi) is 3.56. The van der Waals surface area contributed by atoms with Crippen LogP contribution < -0.4 is 5.32 Å². The monoisotopic (exact) mass is 258 g/mol. The van der Waals surface area contributed by atoms with Crippen LogP contribution in [0.25, 0.3) is 0 Å². The maximum Gasteiger partial charge on any atom is 0.230 e. The van der Waals surface area contributed by atoms with Gasteiger partial charge in [-0.25, -0.2) is 0 Å². The van der Waals surface area contributed by atoms with Crippen LogP contribution in [0.4, 0.5) is 0 Å². The molecule has 2 fully saturated rings. The van der Waals surface area contributed by atoms with Gasteiger partial charge in [-0.05, 0) is 30.9 Å². The van der Waals surface area contributed by atoms with Gasteiger partial charge >= 0.3 is 0 Å². The molecule has 19 heavy (non-hydrogen) atoms. The van der Waals surface area contributed by atoms with Crippen molar-refractivity contribution >= 4 is 5.91 Å². The second-order valence-electron chi connectivity index (χ2n) is 5.72. The van der Waals surface area contributed by atoms with Crippen molar-refractivity contribution in [3.8, 4) is 0 Å². The van der Waals surface area contributed by atoms with E-state index in [2.05, 4.69) is 29.3 Å². The molecule has 0 spiro atoms. The minimum absolute atomic E-state index is 0.0278. The van der Waals surface area contributed by atoms with Gasteiger partial charge in [-0.1, -0.05) is 37.3 Å². The van der Waals surface area contributed by atoms with Crippen LogP contribution in [0.15, 0.2) is 30.3 Å². The summed E-state index contributed by atoms with van der Waals surface area (Å²) in [7, 11) is 0. The molecule has 1 aromatic carbocycles. The Hall–Kier alpha value is -1.35. The first-order valence-corrected chi connectivity index (χ1v) is 7.36. The summed E-state index contributed by atoms with van der Waals surface area (Å²) in [4.78, 5) is 14.8. The number of rotatable bonds is 3. The van der Waals surface area contributed by atoms with Gasteiger partial charge in [0.15, 0.2) is 0 Å². The number of nitrogens with one attached hydrogen (secondary N) is 1. The predicted octanol–water partition coefficient (Wildman–Crippen LogP) is 2.00. The Labute approximate surface area is 115 Å². The van der Waals surface area contributed by atoms with Gasteiger partial charge in [-0.2, -0.15) is 0 Å². The Morgan fingerprint density at radius 2 is 2.16 bits per heavy atom. The van der Waals surface area contributed by atoms with Gasteiger partial charge < -0.3 is 10.2 Å². The second kappa shape index (κ2) is 5.33. The molecule has 0 bridgehead atoms. The summed E-state index contributed by atoms with van der Waals surface area (Å²) in [6.45, 7) is 5.06. The van der Waals surface area contributed by atoms with Crippen molar-refractivity contribution in [2.75, 3.05) is 19.6 Å². The molecule has 3 nitrogen and oxygen atoms in total. The Bertz CT molecular complexity index is 433. The first kappa shape index (κ1) is 12.7. The van der Waals surface area contributed by atoms with E-state index in [-0.39, 0.29) is 5.92 Å². The maximum absolute atomic E-state index is 12.7. The first-order chi connectivity index (χ1) is 9.29. The Balaban J connectivity index is 1.72. The van der Waals surface area contributed by atoms with Crippen LogP contribution in [0.3, 0.4) is 0 Å². The summed E-state index contributed by atoms with van der Waals surface area (Å²) in [5.74, 6) is 1.02. The molecule has 1 amide bonds. The van der Waals surface area contributed by atoms with E-state index in [1.165, 1.54) is 6.42 Å². The topological polar surface area (TPSA) is 32.3 Å². The molecule has 3 atom stereocenters. The van der Waals surface area contributed by atoms with Gasteiger partial charge in [0.25, 0.3) is 0 Å². The molecule has 102 valence electrons. The molecule has 0 radical (unpaired) electrons. The summed E-state index contributed by atoms with van der Waals surface area (Å²) in [5.41, 5.74) is 1.15. The average Bonchev–Trinajstić information content (AvgIpc) is 3.01. The van der Waals surface area contributed by atoms with Crippen molar-refractivity contribution in [3.05, 3.63) is 35.9 Å². The molecule has 1 N–H and O–H groups in total. The van der Waals surface area contributed by atoms with E-state index in [1.54, 1.807) is 0 Å². The van der Waals surface area contributed by atoms with Crippen LogP contribution >= 0.6 is 0 Å². The van der Waals surface area contributed by atoms with E-state index in [0.717, 1.165) is 31.6 Å². The summed E-state index contributed by atoms with van der Waals surface area (Å²) >= 11 is 0. The Morgan fingerprint density at radius 3 is 2.84 bits per heavy atom. The fourth-order valence-corrected chi connectivity index (χ4v) is 3.49. The van der Waals surface area contributed by atoms with E-state index >= 15 is 0 Å². The summed E-state index contributed by atoms with van der Waals surface area (Å²) in [6.07, 6.45) is 2.10. The average molecular weight is 258 g/mol. The van der Waals surface area contributed by atoms with Gasteiger partial charge in [0.05, 0.1) is 5.92 Å². The SMILES string of the molecule is CCC(C(=O)N1C[C@@H]2CCN[C@@H]2C1)c1ccccc1. The van der Waals surface area contributed by atoms with Crippen LogP contribution in [0, 0.1) is 5.92 Å². The van der Waals surface area contributed by atoms with Crippen molar-refractivity contribution in [1.82, 2.24) is 10.2 Å². The van der Waals surface area contributed by atoms with E-state index in [4.69, 9.17) is 0 Å². The number of amides is 1. The number of hydrogen-bond donors (Lipinski definition) is 1. The molecule has 2 saturated heterocycles. The minimum atomic E-state index is 0.0278. The fourth-order valence-electron chi connectivity index (χ4n) is 3.49. The zero-order valence-corrected chi connectivity index (χ0v) is 11.5. The lowest BCUT2D eigenvalue weighted by Crippen LogP contribution is -2.36. The number of hydrogen-bond acceptors (Lipinski definition) is 2. The zero-order chi connectivity index (χ0) is 13.2. The van der Waals surface area contributed by atoms with Gasteiger partial charge in [-0.3, -0.25) is 4.79 Å². The third-order valence-electron chi connectivity index (χ3n) is 4.58. The third-order valence-corrected chi connectivity index (χ3v) is 4.58. The van der Waals surface area contributed by atoms with Crippen molar-refractivity contribution < 1.29 is 4.79 Å². The quantitative estimate of drug-likeness (QED) is 0.899. The smallest absolute Gasteiger partial charge is 0.230 e. The predicted molar refractivity (Wildman–Crippen MR) is 76.0 cm³/mol. The van der Waals surface area contributed by atoms with Crippen LogP contribution in [-0.2, 0) is 4.79 Å². The third kappa shape index (κ3) is 2.39. The first-order valence-electron chi connectivity index (χ1n) is 7.36. The highest BCUT2D eigenvalue weighted by atomic mass is 16.2. The summed E-state index contributed by atoms with van der Waals surface area (Å²) in [6, 6.07) is 10.7. The van der Waals surface area contributed by atoms with Crippen LogP contribution in [0.1, 0.15) is 31.2 Å². The molecular formula is C16H22N2O. The van der Waals surface area contributed by atoms with Crippen molar-refractivity contribution in [3.63, 3.8) is 0 Å². The van der Waals surface area contributed by atoms with Crippen LogP contribution in [0.2, 0.25) is 0 Å². The molecule has 2 heterocycles. The molecule has 0 saturated carbocycles. The minimum Gasteiger partial charge on any atom is -0.340 e. The molecule has 1 unspecified atom stereocenters. The Morgan fingerprint density at radius 1 is 1.37 bits per heavy atom. The van der Waals surface area contributed by atoms with Gasteiger partial charge in [0.2, 0.25) is 5.91 Å². The standard InChI is InChI=1S/C16H22N2O/c1-2-14(12-6-4-3-5-7-12)16(19)18-10-13-8-9-17-15(13)11-18/h3-7,13-15,17H,2,8-11H2,1H3/t13-,14?,15+/m0/s1. The lowest BCUT2D eigenvalue weighted by atomic mass is 9.95. The van der Waals surface area contributed by atoms with Gasteiger partial charge in [0, 0.05) is 19.1 Å². The number of fused-ring (bicyclic) bond motifs is 1. The molecular weight excluding hydrogens is 236 g/mol. The number of carbonyl (C=O) groups is 1. The fraction of sp³-hybridized carbons (Fsp3) is 0.562. The number of nitrogens with zero attached hydrogens (tertiary/aromatic N) is 1. The number of carbonyl (C=O) groups excluding carboxylic acids is 1. The molecule has 3 rings (SSSR count). The molecule has 0 aliphatic carbocycles. The normalized spacial score (nSPS) is 27.3. The van der Waals surface area contributed by atoms with Crippen molar-refractivity contribution in [2.24, 2.45) is 5.92 Å². The maximum atomic E-state index is 12.7. The highest BCUT2D eigenvalue weighted by Gasteiger charge is 2.39. The molecule has 0 aromatic heterocycles. The highest BCUT2D eigenvalue weighted by Crippen LogP contribution is 2.29. The summed E-state index contributed by atoms with van der Waals surface area (Å²) < 4.78 is 0.